The van der Waals surface area contributed by atoms with Crippen LogP contribution in [-0.2, 0) is 23.8 Å². The number of allylic oxidation sites excluding steroid dienone is 3. The Morgan fingerprint density at radius 3 is 2.58 bits per heavy atom. The molecule has 0 radical (unpaired) electrons. The molecule has 0 aromatic rings. The van der Waals surface area contributed by atoms with E-state index >= 15 is 0 Å². The summed E-state index contributed by atoms with van der Waals surface area (Å²) in [5.74, 6) is 0.650. The zero-order valence-corrected chi connectivity index (χ0v) is 20.2. The normalized spacial score (nSPS) is 27.2. The molecule has 0 spiro atoms. The van der Waals surface area contributed by atoms with Gasteiger partial charge < -0.3 is 14.2 Å². The predicted octanol–water partition coefficient (Wildman–Crippen LogP) is 5.78. The van der Waals surface area contributed by atoms with Gasteiger partial charge in [-0.15, -0.1) is 0 Å². The van der Waals surface area contributed by atoms with E-state index < -0.39 is 5.79 Å². The Balaban J connectivity index is 2.05. The molecule has 5 nitrogen and oxygen atoms in total. The van der Waals surface area contributed by atoms with Crippen molar-refractivity contribution in [1.82, 2.24) is 0 Å². The molecule has 2 aliphatic rings. The van der Waals surface area contributed by atoms with Crippen LogP contribution in [0.4, 0.5) is 0 Å². The maximum Gasteiger partial charge on any atom is 0.305 e. The second-order valence-electron chi connectivity index (χ2n) is 9.41. The topological polar surface area (TPSA) is 61.8 Å². The second kappa shape index (κ2) is 12.5. The Kier molecular flexibility index (Phi) is 10.4. The number of esters is 1. The molecule has 4 atom stereocenters. The fourth-order valence-electron chi connectivity index (χ4n) is 5.01. The molecule has 2 unspecified atom stereocenters. The van der Waals surface area contributed by atoms with E-state index in [1.54, 1.807) is 13.2 Å². The third-order valence-electron chi connectivity index (χ3n) is 6.85. The monoisotopic (exact) mass is 434 g/mol. The van der Waals surface area contributed by atoms with Crippen LogP contribution < -0.4 is 0 Å². The van der Waals surface area contributed by atoms with Crippen molar-refractivity contribution in [3.8, 4) is 0 Å². The summed E-state index contributed by atoms with van der Waals surface area (Å²) in [7, 11) is 3.11. The van der Waals surface area contributed by atoms with E-state index in [9.17, 15) is 9.59 Å². The third-order valence-corrected chi connectivity index (χ3v) is 6.85. The molecule has 0 aliphatic heterocycles. The number of ether oxygens (including phenoxy) is 3. The highest BCUT2D eigenvalue weighted by Gasteiger charge is 2.48. The van der Waals surface area contributed by atoms with Gasteiger partial charge >= 0.3 is 5.97 Å². The van der Waals surface area contributed by atoms with Crippen molar-refractivity contribution in [2.75, 3.05) is 14.2 Å². The van der Waals surface area contributed by atoms with Crippen LogP contribution in [0.2, 0.25) is 0 Å². The lowest BCUT2D eigenvalue weighted by atomic mass is 9.89. The van der Waals surface area contributed by atoms with Gasteiger partial charge in [0.05, 0.1) is 13.2 Å². The smallest absolute Gasteiger partial charge is 0.305 e. The van der Waals surface area contributed by atoms with Gasteiger partial charge in [0.1, 0.15) is 0 Å². The summed E-state index contributed by atoms with van der Waals surface area (Å²) in [5.41, 5.74) is 1.49. The van der Waals surface area contributed by atoms with Gasteiger partial charge in [0.25, 0.3) is 0 Å². The molecular formula is C26H42O5. The molecule has 0 bridgehead atoms. The van der Waals surface area contributed by atoms with E-state index in [0.717, 1.165) is 51.4 Å². The van der Waals surface area contributed by atoms with Gasteiger partial charge in [-0.3, -0.25) is 9.59 Å². The van der Waals surface area contributed by atoms with Crippen molar-refractivity contribution >= 4 is 11.8 Å². The molecule has 2 saturated carbocycles. The summed E-state index contributed by atoms with van der Waals surface area (Å²) in [6, 6.07) is 0. The summed E-state index contributed by atoms with van der Waals surface area (Å²) in [6.45, 7) is 6.04. The summed E-state index contributed by atoms with van der Waals surface area (Å²) in [4.78, 5) is 23.7. The Hall–Kier alpha value is -1.46. The molecule has 5 heteroatoms. The van der Waals surface area contributed by atoms with Crippen LogP contribution in [0.3, 0.4) is 0 Å². The largest absolute Gasteiger partial charge is 0.469 e. The lowest BCUT2D eigenvalue weighted by Gasteiger charge is -2.31. The molecule has 0 N–H and O–H groups in total. The minimum atomic E-state index is -0.648. The molecule has 176 valence electrons. The molecule has 0 aromatic carbocycles. The molecule has 2 rings (SSSR count). The highest BCUT2D eigenvalue weighted by atomic mass is 16.7. The average Bonchev–Trinajstić information content (AvgIpc) is 3.28. The van der Waals surface area contributed by atoms with Crippen molar-refractivity contribution in [3.63, 3.8) is 0 Å². The van der Waals surface area contributed by atoms with Crippen LogP contribution >= 0.6 is 0 Å². The minimum Gasteiger partial charge on any atom is -0.469 e. The number of hydrogen-bond acceptors (Lipinski definition) is 5. The van der Waals surface area contributed by atoms with Crippen LogP contribution in [-0.4, -0.2) is 37.9 Å². The van der Waals surface area contributed by atoms with Crippen LogP contribution in [0.5, 0.6) is 0 Å². The van der Waals surface area contributed by atoms with Crippen molar-refractivity contribution in [1.29, 1.82) is 0 Å². The summed E-state index contributed by atoms with van der Waals surface area (Å²) in [5, 5.41) is 0. The molecule has 0 heterocycles. The number of rotatable bonds is 13. The number of carbonyl (C=O) groups is 2. The SMILES string of the molecule is CCCCCC(=O)C=CC1C(OC(C)(C)OC)C[C@H]2C(=CCCCC(=O)OC)CC[C@H]12. The molecule has 2 aliphatic carbocycles. The van der Waals surface area contributed by atoms with E-state index in [4.69, 9.17) is 14.2 Å². The van der Waals surface area contributed by atoms with E-state index in [0.29, 0.717) is 24.7 Å². The standard InChI is InChI=1S/C26H42O5/c1-6-7-8-12-20(27)15-17-22-21-16-14-19(11-9-10-13-25(28)29-4)23(21)18-24(22)31-26(2,3)30-5/h11,15,17,21-24H,6-10,12-14,16,18H2,1-5H3/t21-,22?,23+,24?/m1/s1. The van der Waals surface area contributed by atoms with Crippen LogP contribution in [0, 0.1) is 17.8 Å². The number of fused-ring (bicyclic) bond motifs is 1. The summed E-state index contributed by atoms with van der Waals surface area (Å²) < 4.78 is 16.6. The summed E-state index contributed by atoms with van der Waals surface area (Å²) >= 11 is 0. The molecule has 0 aromatic heterocycles. The van der Waals surface area contributed by atoms with E-state index in [1.165, 1.54) is 12.7 Å². The molecule has 0 saturated heterocycles. The maximum absolute atomic E-state index is 12.3. The van der Waals surface area contributed by atoms with Gasteiger partial charge in [0.2, 0.25) is 0 Å². The van der Waals surface area contributed by atoms with Crippen molar-refractivity contribution in [2.24, 2.45) is 17.8 Å². The zero-order chi connectivity index (χ0) is 22.9. The average molecular weight is 435 g/mol. The van der Waals surface area contributed by atoms with Crippen molar-refractivity contribution in [2.45, 2.75) is 96.9 Å². The number of methoxy groups -OCH3 is 2. The van der Waals surface area contributed by atoms with Gasteiger partial charge in [0.15, 0.2) is 11.6 Å². The first kappa shape index (κ1) is 25.8. The Labute approximate surface area is 188 Å². The molecule has 0 amide bonds. The van der Waals surface area contributed by atoms with Gasteiger partial charge in [0, 0.05) is 25.9 Å². The zero-order valence-electron chi connectivity index (χ0n) is 20.2. The van der Waals surface area contributed by atoms with Crippen LogP contribution in [0.1, 0.15) is 85.0 Å². The van der Waals surface area contributed by atoms with Gasteiger partial charge in [-0.05, 0) is 70.3 Å². The quantitative estimate of drug-likeness (QED) is 0.121. The maximum atomic E-state index is 12.3. The fraction of sp³-hybridized carbons (Fsp3) is 0.769. The van der Waals surface area contributed by atoms with E-state index in [2.05, 4.69) is 19.1 Å². The first-order valence-electron chi connectivity index (χ1n) is 12.0. The highest BCUT2D eigenvalue weighted by molar-refractivity contribution is 5.89. The first-order chi connectivity index (χ1) is 14.8. The van der Waals surface area contributed by atoms with E-state index in [-0.39, 0.29) is 23.8 Å². The van der Waals surface area contributed by atoms with Crippen LogP contribution in [0.25, 0.3) is 0 Å². The number of ketones is 1. The lowest BCUT2D eigenvalue weighted by Crippen LogP contribution is -2.34. The number of hydrogen-bond donors (Lipinski definition) is 0. The highest BCUT2D eigenvalue weighted by Crippen LogP contribution is 2.52. The number of carbonyl (C=O) groups excluding carboxylic acids is 2. The lowest BCUT2D eigenvalue weighted by molar-refractivity contribution is -0.228. The van der Waals surface area contributed by atoms with Gasteiger partial charge in [-0.25, -0.2) is 0 Å². The fourth-order valence-corrected chi connectivity index (χ4v) is 5.01. The third kappa shape index (κ3) is 7.87. The Bertz CT molecular complexity index is 648. The first-order valence-corrected chi connectivity index (χ1v) is 12.0. The molecular weight excluding hydrogens is 392 g/mol. The second-order valence-corrected chi connectivity index (χ2v) is 9.41. The minimum absolute atomic E-state index is 0.0448. The van der Waals surface area contributed by atoms with Gasteiger partial charge in [-0.1, -0.05) is 37.5 Å². The Morgan fingerprint density at radius 1 is 1.13 bits per heavy atom. The van der Waals surface area contributed by atoms with Gasteiger partial charge in [-0.2, -0.15) is 0 Å². The molecule has 31 heavy (non-hydrogen) atoms. The molecule has 2 fully saturated rings. The number of unbranched alkanes of at least 4 members (excludes halogenated alkanes) is 3. The van der Waals surface area contributed by atoms with Crippen molar-refractivity contribution < 1.29 is 23.8 Å². The van der Waals surface area contributed by atoms with Crippen molar-refractivity contribution in [3.05, 3.63) is 23.8 Å². The van der Waals surface area contributed by atoms with Crippen LogP contribution in [0.15, 0.2) is 23.8 Å². The predicted molar refractivity (Wildman–Crippen MR) is 123 cm³/mol. The van der Waals surface area contributed by atoms with E-state index in [1.807, 2.05) is 13.8 Å². The summed E-state index contributed by atoms with van der Waals surface area (Å²) in [6.07, 6.45) is 15.5. The Morgan fingerprint density at radius 2 is 1.90 bits per heavy atom.